The number of phenols is 1. The van der Waals surface area contributed by atoms with Gasteiger partial charge in [-0.1, -0.05) is 0 Å². The van der Waals surface area contributed by atoms with Gasteiger partial charge in [0, 0.05) is 12.2 Å². The Hall–Kier alpha value is -3.69. The molecule has 0 unspecified atom stereocenters. The van der Waals surface area contributed by atoms with Crippen LogP contribution in [0, 0.1) is 10.1 Å². The Morgan fingerprint density at radius 1 is 1.44 bits per heavy atom. The molecular formula is C17H18N4O6. The monoisotopic (exact) mass is 374 g/mol. The van der Waals surface area contributed by atoms with E-state index in [0.717, 1.165) is 18.3 Å². The first kappa shape index (κ1) is 19.6. The Labute approximate surface area is 153 Å². The van der Waals surface area contributed by atoms with Crippen molar-refractivity contribution in [3.05, 3.63) is 62.1 Å². The number of pyridine rings is 1. The predicted molar refractivity (Wildman–Crippen MR) is 97.5 cm³/mol. The molecule has 1 amide bonds. The number of benzene rings is 1. The summed E-state index contributed by atoms with van der Waals surface area (Å²) >= 11 is 0. The molecule has 142 valence electrons. The number of aromatic hydroxyl groups is 1. The van der Waals surface area contributed by atoms with Crippen molar-refractivity contribution in [2.45, 2.75) is 19.9 Å². The van der Waals surface area contributed by atoms with Crippen LogP contribution in [0.5, 0.6) is 11.5 Å². The highest BCUT2D eigenvalue weighted by Gasteiger charge is 2.18. The van der Waals surface area contributed by atoms with Crippen LogP contribution >= 0.6 is 0 Å². The lowest BCUT2D eigenvalue weighted by Gasteiger charge is -2.10. The lowest BCUT2D eigenvalue weighted by molar-refractivity contribution is -0.385. The average molecular weight is 374 g/mol. The summed E-state index contributed by atoms with van der Waals surface area (Å²) in [5, 5.41) is 24.5. The first-order valence-corrected chi connectivity index (χ1v) is 7.86. The van der Waals surface area contributed by atoms with Crippen molar-refractivity contribution in [1.82, 2.24) is 9.99 Å². The number of hydrogen-bond acceptors (Lipinski definition) is 7. The van der Waals surface area contributed by atoms with Gasteiger partial charge in [0.25, 0.3) is 17.2 Å². The number of hydrazone groups is 1. The molecule has 0 bridgehead atoms. The predicted octanol–water partition coefficient (Wildman–Crippen LogP) is 1.82. The molecule has 1 heterocycles. The molecule has 10 nitrogen and oxygen atoms in total. The fourth-order valence-corrected chi connectivity index (χ4v) is 2.31. The van der Waals surface area contributed by atoms with Gasteiger partial charge in [0.05, 0.1) is 29.9 Å². The van der Waals surface area contributed by atoms with Gasteiger partial charge in [0.1, 0.15) is 5.56 Å². The number of phenolic OH excluding ortho intramolecular Hbond substituents is 1. The molecule has 2 aromatic rings. The second kappa shape index (κ2) is 8.13. The van der Waals surface area contributed by atoms with Gasteiger partial charge in [-0.15, -0.1) is 0 Å². The van der Waals surface area contributed by atoms with Gasteiger partial charge < -0.3 is 14.4 Å². The number of nitro benzene ring substituents is 1. The zero-order valence-electron chi connectivity index (χ0n) is 14.9. The Kier molecular flexibility index (Phi) is 5.91. The molecule has 1 aromatic heterocycles. The molecule has 0 atom stereocenters. The summed E-state index contributed by atoms with van der Waals surface area (Å²) in [4.78, 5) is 34.9. The van der Waals surface area contributed by atoms with Crippen molar-refractivity contribution in [2.24, 2.45) is 5.10 Å². The third-order valence-corrected chi connectivity index (χ3v) is 3.67. The van der Waals surface area contributed by atoms with Gasteiger partial charge in [0.15, 0.2) is 11.5 Å². The molecule has 0 aliphatic rings. The fourth-order valence-electron chi connectivity index (χ4n) is 2.31. The zero-order chi connectivity index (χ0) is 20.1. The summed E-state index contributed by atoms with van der Waals surface area (Å²) in [6.45, 7) is 3.60. The van der Waals surface area contributed by atoms with Crippen LogP contribution in [-0.2, 0) is 0 Å². The van der Waals surface area contributed by atoms with E-state index >= 15 is 0 Å². The number of aromatic nitrogens is 1. The zero-order valence-corrected chi connectivity index (χ0v) is 14.9. The highest BCUT2D eigenvalue weighted by molar-refractivity contribution is 5.95. The van der Waals surface area contributed by atoms with E-state index in [4.69, 9.17) is 4.74 Å². The van der Waals surface area contributed by atoms with Gasteiger partial charge in [0.2, 0.25) is 0 Å². The Balaban J connectivity index is 2.27. The number of hydrogen-bond donors (Lipinski definition) is 2. The molecule has 2 N–H and O–H groups in total. The third-order valence-electron chi connectivity index (χ3n) is 3.67. The number of nitro groups is 1. The maximum Gasteiger partial charge on any atom is 0.282 e. The summed E-state index contributed by atoms with van der Waals surface area (Å²) < 4.78 is 6.22. The van der Waals surface area contributed by atoms with Crippen LogP contribution in [0.25, 0.3) is 0 Å². The Morgan fingerprint density at radius 3 is 2.74 bits per heavy atom. The Morgan fingerprint density at radius 2 is 2.15 bits per heavy atom. The number of carbonyl (C=O) groups is 1. The van der Waals surface area contributed by atoms with E-state index in [-0.39, 0.29) is 34.4 Å². The number of carbonyl (C=O) groups excluding carboxylic acids is 1. The van der Waals surface area contributed by atoms with E-state index in [9.17, 15) is 24.8 Å². The second-order valence-electron chi connectivity index (χ2n) is 5.77. The van der Waals surface area contributed by atoms with Gasteiger partial charge in [-0.25, -0.2) is 5.43 Å². The number of nitrogens with one attached hydrogen (secondary N) is 1. The van der Waals surface area contributed by atoms with E-state index in [2.05, 4.69) is 10.5 Å². The van der Waals surface area contributed by atoms with Crippen LogP contribution in [0.2, 0.25) is 0 Å². The van der Waals surface area contributed by atoms with Gasteiger partial charge in [-0.2, -0.15) is 5.10 Å². The lowest BCUT2D eigenvalue weighted by Crippen LogP contribution is -2.31. The minimum Gasteiger partial charge on any atom is -0.504 e. The number of rotatable bonds is 6. The van der Waals surface area contributed by atoms with Crippen LogP contribution < -0.4 is 15.7 Å². The minimum atomic E-state index is -0.758. The SMILES string of the molecule is COc1cc([N+](=O)[O-])c(/C=N\NC(=O)c2cccn(C(C)C)c2=O)cc1O. The number of ether oxygens (including phenoxy) is 1. The van der Waals surface area contributed by atoms with Crippen molar-refractivity contribution in [3.63, 3.8) is 0 Å². The van der Waals surface area contributed by atoms with E-state index in [1.165, 1.54) is 17.7 Å². The first-order valence-electron chi connectivity index (χ1n) is 7.86. The smallest absolute Gasteiger partial charge is 0.282 e. The highest BCUT2D eigenvalue weighted by atomic mass is 16.6. The molecule has 0 saturated carbocycles. The van der Waals surface area contributed by atoms with Crippen LogP contribution in [0.1, 0.15) is 35.8 Å². The van der Waals surface area contributed by atoms with Crippen molar-refractivity contribution >= 4 is 17.8 Å². The molecule has 27 heavy (non-hydrogen) atoms. The van der Waals surface area contributed by atoms with Gasteiger partial charge in [-0.3, -0.25) is 19.7 Å². The molecule has 0 radical (unpaired) electrons. The molecule has 0 saturated heterocycles. The molecule has 0 fully saturated rings. The van der Waals surface area contributed by atoms with Crippen LogP contribution in [-0.4, -0.2) is 33.8 Å². The van der Waals surface area contributed by atoms with Crippen LogP contribution in [0.15, 0.2) is 40.4 Å². The van der Waals surface area contributed by atoms with Crippen molar-refractivity contribution in [3.8, 4) is 11.5 Å². The minimum absolute atomic E-state index is 0.0498. The molecule has 10 heteroatoms. The maximum absolute atomic E-state index is 12.3. The number of amides is 1. The summed E-state index contributed by atoms with van der Waals surface area (Å²) in [6, 6.07) is 4.91. The van der Waals surface area contributed by atoms with E-state index < -0.39 is 16.4 Å². The summed E-state index contributed by atoms with van der Waals surface area (Å²) in [6.07, 6.45) is 2.57. The maximum atomic E-state index is 12.3. The lowest BCUT2D eigenvalue weighted by atomic mass is 10.1. The van der Waals surface area contributed by atoms with Crippen molar-refractivity contribution in [2.75, 3.05) is 7.11 Å². The van der Waals surface area contributed by atoms with Gasteiger partial charge >= 0.3 is 0 Å². The Bertz CT molecular complexity index is 964. The van der Waals surface area contributed by atoms with Crippen molar-refractivity contribution in [1.29, 1.82) is 0 Å². The van der Waals surface area contributed by atoms with E-state index in [1.54, 1.807) is 26.1 Å². The summed E-state index contributed by atoms with van der Waals surface area (Å²) in [7, 11) is 1.26. The largest absolute Gasteiger partial charge is 0.504 e. The summed E-state index contributed by atoms with van der Waals surface area (Å²) in [5.74, 6) is -1.15. The number of nitrogens with zero attached hydrogens (tertiary/aromatic N) is 3. The molecule has 0 aliphatic carbocycles. The van der Waals surface area contributed by atoms with E-state index in [0.29, 0.717) is 0 Å². The number of methoxy groups -OCH3 is 1. The average Bonchev–Trinajstić information content (AvgIpc) is 2.61. The van der Waals surface area contributed by atoms with E-state index in [1.807, 2.05) is 0 Å². The summed E-state index contributed by atoms with van der Waals surface area (Å²) in [5.41, 5.74) is 1.14. The molecule has 0 aliphatic heterocycles. The molecular weight excluding hydrogens is 356 g/mol. The molecule has 0 spiro atoms. The van der Waals surface area contributed by atoms with Crippen LogP contribution in [0.4, 0.5) is 5.69 Å². The fraction of sp³-hybridized carbons (Fsp3) is 0.235. The van der Waals surface area contributed by atoms with Crippen molar-refractivity contribution < 1.29 is 19.6 Å². The topological polar surface area (TPSA) is 136 Å². The normalized spacial score (nSPS) is 11.0. The molecule has 1 aromatic carbocycles. The standard InChI is InChI=1S/C17H18N4O6/c1-10(2)20-6-4-5-12(17(20)24)16(23)19-18-9-11-7-14(22)15(27-3)8-13(11)21(25)26/h4-10,22H,1-3H3,(H,19,23)/b18-9-. The van der Waals surface area contributed by atoms with Gasteiger partial charge in [-0.05, 0) is 32.0 Å². The third kappa shape index (κ3) is 4.29. The molecule has 2 rings (SSSR count). The highest BCUT2D eigenvalue weighted by Crippen LogP contribution is 2.32. The van der Waals surface area contributed by atoms with Crippen LogP contribution in [0.3, 0.4) is 0 Å². The second-order valence-corrected chi connectivity index (χ2v) is 5.77. The first-order chi connectivity index (χ1) is 12.8. The quantitative estimate of drug-likeness (QED) is 0.450.